The van der Waals surface area contributed by atoms with Crippen molar-refractivity contribution in [2.45, 2.75) is 44.7 Å². The van der Waals surface area contributed by atoms with Gasteiger partial charge in [0.15, 0.2) is 0 Å². The molecular formula is C24H24N4OS. The van der Waals surface area contributed by atoms with Gasteiger partial charge in [-0.2, -0.15) is 0 Å². The number of rotatable bonds is 5. The second-order valence-electron chi connectivity index (χ2n) is 7.84. The van der Waals surface area contributed by atoms with E-state index in [1.165, 1.54) is 4.70 Å². The standard InChI is InChI=1S/C24H24N4OS/c1-2-23(29)26-18-11-12-19(13-18)28-15-25-14-21(28)16-7-9-17(10-8-16)24-27-20-5-3-4-6-22(20)30-24/h3-10,14-15,18-19H,2,11-13H2,1H3,(H,26,29)/t18-,19?/m0/s1. The number of fused-ring (bicyclic) bond motifs is 1. The zero-order valence-electron chi connectivity index (χ0n) is 16.9. The van der Waals surface area contributed by atoms with Crippen molar-refractivity contribution in [2.24, 2.45) is 0 Å². The molecule has 6 heteroatoms. The minimum absolute atomic E-state index is 0.136. The molecule has 5 nitrogen and oxygen atoms in total. The molecule has 2 aromatic heterocycles. The van der Waals surface area contributed by atoms with Gasteiger partial charge < -0.3 is 9.88 Å². The van der Waals surface area contributed by atoms with Crippen molar-refractivity contribution in [2.75, 3.05) is 0 Å². The second-order valence-corrected chi connectivity index (χ2v) is 8.87. The first-order valence-electron chi connectivity index (χ1n) is 10.5. The van der Waals surface area contributed by atoms with Gasteiger partial charge in [-0.1, -0.05) is 43.3 Å². The lowest BCUT2D eigenvalue weighted by Crippen LogP contribution is -2.32. The lowest BCUT2D eigenvalue weighted by atomic mass is 10.1. The molecular weight excluding hydrogens is 392 g/mol. The van der Waals surface area contributed by atoms with Crippen LogP contribution in [-0.4, -0.2) is 26.5 Å². The predicted octanol–water partition coefficient (Wildman–Crippen LogP) is 5.45. The van der Waals surface area contributed by atoms with Gasteiger partial charge in [0, 0.05) is 24.1 Å². The Bertz CT molecular complexity index is 1140. The normalized spacial score (nSPS) is 18.7. The third-order valence-electron chi connectivity index (χ3n) is 5.87. The molecule has 1 fully saturated rings. The highest BCUT2D eigenvalue weighted by Gasteiger charge is 2.28. The van der Waals surface area contributed by atoms with E-state index in [1.54, 1.807) is 11.3 Å². The summed E-state index contributed by atoms with van der Waals surface area (Å²) >= 11 is 1.72. The maximum absolute atomic E-state index is 11.7. The largest absolute Gasteiger partial charge is 0.353 e. The molecule has 0 saturated heterocycles. The zero-order valence-corrected chi connectivity index (χ0v) is 17.7. The highest BCUT2D eigenvalue weighted by Crippen LogP contribution is 2.35. The molecule has 1 N–H and O–H groups in total. The first-order chi connectivity index (χ1) is 14.7. The molecule has 0 spiro atoms. The van der Waals surface area contributed by atoms with E-state index in [2.05, 4.69) is 57.3 Å². The first kappa shape index (κ1) is 19.0. The Balaban J connectivity index is 1.36. The number of carbonyl (C=O) groups excluding carboxylic acids is 1. The Labute approximate surface area is 179 Å². The fourth-order valence-electron chi connectivity index (χ4n) is 4.27. The van der Waals surface area contributed by atoms with E-state index in [4.69, 9.17) is 4.98 Å². The summed E-state index contributed by atoms with van der Waals surface area (Å²) in [6.07, 6.45) is 7.43. The van der Waals surface area contributed by atoms with Crippen LogP contribution >= 0.6 is 11.3 Å². The number of amides is 1. The summed E-state index contributed by atoms with van der Waals surface area (Å²) in [4.78, 5) is 20.9. The number of para-hydroxylation sites is 1. The lowest BCUT2D eigenvalue weighted by molar-refractivity contribution is -0.121. The fraction of sp³-hybridized carbons (Fsp3) is 0.292. The van der Waals surface area contributed by atoms with Crippen molar-refractivity contribution in [3.05, 3.63) is 61.1 Å². The third kappa shape index (κ3) is 3.63. The van der Waals surface area contributed by atoms with E-state index in [0.717, 1.165) is 46.6 Å². The second kappa shape index (κ2) is 8.03. The van der Waals surface area contributed by atoms with Crippen molar-refractivity contribution in [1.29, 1.82) is 0 Å². The van der Waals surface area contributed by atoms with Crippen LogP contribution in [-0.2, 0) is 4.79 Å². The summed E-state index contributed by atoms with van der Waals surface area (Å²) in [7, 11) is 0. The van der Waals surface area contributed by atoms with E-state index in [-0.39, 0.29) is 11.9 Å². The van der Waals surface area contributed by atoms with Gasteiger partial charge in [-0.05, 0) is 37.0 Å². The van der Waals surface area contributed by atoms with Crippen LogP contribution in [0.1, 0.15) is 38.6 Å². The smallest absolute Gasteiger partial charge is 0.219 e. The molecule has 1 saturated carbocycles. The quantitative estimate of drug-likeness (QED) is 0.471. The van der Waals surface area contributed by atoms with Gasteiger partial charge in [-0.15, -0.1) is 11.3 Å². The Morgan fingerprint density at radius 1 is 1.13 bits per heavy atom. The van der Waals surface area contributed by atoms with E-state index < -0.39 is 0 Å². The fourth-order valence-corrected chi connectivity index (χ4v) is 5.24. The molecule has 1 amide bonds. The number of thiazole rings is 1. The van der Waals surface area contributed by atoms with Crippen LogP contribution in [0.5, 0.6) is 0 Å². The molecule has 1 aliphatic carbocycles. The first-order valence-corrected chi connectivity index (χ1v) is 11.3. The average Bonchev–Trinajstić information content (AvgIpc) is 3.52. The average molecular weight is 417 g/mol. The Morgan fingerprint density at radius 2 is 1.93 bits per heavy atom. The molecule has 5 rings (SSSR count). The summed E-state index contributed by atoms with van der Waals surface area (Å²) in [5, 5.41) is 4.18. The van der Waals surface area contributed by atoms with Crippen molar-refractivity contribution in [3.8, 4) is 21.8 Å². The van der Waals surface area contributed by atoms with Gasteiger partial charge in [0.25, 0.3) is 0 Å². The number of hydrogen-bond donors (Lipinski definition) is 1. The highest BCUT2D eigenvalue weighted by atomic mass is 32.1. The van der Waals surface area contributed by atoms with Crippen molar-refractivity contribution in [1.82, 2.24) is 19.9 Å². The summed E-state index contributed by atoms with van der Waals surface area (Å²) in [5.74, 6) is 0.136. The topological polar surface area (TPSA) is 59.8 Å². The van der Waals surface area contributed by atoms with Gasteiger partial charge in [0.1, 0.15) is 5.01 Å². The summed E-state index contributed by atoms with van der Waals surface area (Å²) in [6, 6.07) is 17.5. The number of nitrogens with zero attached hydrogens (tertiary/aromatic N) is 3. The van der Waals surface area contributed by atoms with E-state index >= 15 is 0 Å². The third-order valence-corrected chi connectivity index (χ3v) is 6.96. The Hall–Kier alpha value is -2.99. The lowest BCUT2D eigenvalue weighted by Gasteiger charge is -2.17. The molecule has 2 atom stereocenters. The molecule has 2 heterocycles. The van der Waals surface area contributed by atoms with Crippen molar-refractivity contribution >= 4 is 27.5 Å². The van der Waals surface area contributed by atoms with Crippen LogP contribution in [0, 0.1) is 0 Å². The molecule has 4 aromatic rings. The van der Waals surface area contributed by atoms with Crippen LogP contribution < -0.4 is 5.32 Å². The number of carbonyl (C=O) groups is 1. The molecule has 0 aliphatic heterocycles. The maximum Gasteiger partial charge on any atom is 0.219 e. The van der Waals surface area contributed by atoms with E-state index in [1.807, 2.05) is 25.5 Å². The minimum Gasteiger partial charge on any atom is -0.353 e. The molecule has 1 unspecified atom stereocenters. The van der Waals surface area contributed by atoms with Gasteiger partial charge in [-0.3, -0.25) is 4.79 Å². The molecule has 1 aliphatic rings. The maximum atomic E-state index is 11.7. The minimum atomic E-state index is 0.136. The van der Waals surface area contributed by atoms with E-state index in [9.17, 15) is 4.79 Å². The summed E-state index contributed by atoms with van der Waals surface area (Å²) in [5.41, 5.74) is 4.46. The van der Waals surface area contributed by atoms with Gasteiger partial charge in [0.2, 0.25) is 5.91 Å². The monoisotopic (exact) mass is 416 g/mol. The van der Waals surface area contributed by atoms with E-state index in [0.29, 0.717) is 12.5 Å². The summed E-state index contributed by atoms with van der Waals surface area (Å²) < 4.78 is 3.48. The zero-order chi connectivity index (χ0) is 20.5. The number of aromatic nitrogens is 3. The van der Waals surface area contributed by atoms with Gasteiger partial charge in [0.05, 0.1) is 28.4 Å². The predicted molar refractivity (Wildman–Crippen MR) is 121 cm³/mol. The molecule has 0 radical (unpaired) electrons. The molecule has 0 bridgehead atoms. The summed E-state index contributed by atoms with van der Waals surface area (Å²) in [6.45, 7) is 1.90. The van der Waals surface area contributed by atoms with Crippen molar-refractivity contribution in [3.63, 3.8) is 0 Å². The van der Waals surface area contributed by atoms with Gasteiger partial charge >= 0.3 is 0 Å². The Morgan fingerprint density at radius 3 is 2.73 bits per heavy atom. The van der Waals surface area contributed by atoms with Crippen LogP contribution in [0.25, 0.3) is 32.0 Å². The number of benzene rings is 2. The Kier molecular flexibility index (Phi) is 5.09. The molecule has 2 aromatic carbocycles. The molecule has 30 heavy (non-hydrogen) atoms. The number of imidazole rings is 1. The number of nitrogens with one attached hydrogen (secondary N) is 1. The SMILES string of the molecule is CCC(=O)N[C@H]1CCC(n2cncc2-c2ccc(-c3nc4ccccc4s3)cc2)C1. The van der Waals surface area contributed by atoms with Crippen LogP contribution in [0.4, 0.5) is 0 Å². The number of hydrogen-bond acceptors (Lipinski definition) is 4. The van der Waals surface area contributed by atoms with Crippen LogP contribution in [0.3, 0.4) is 0 Å². The highest BCUT2D eigenvalue weighted by molar-refractivity contribution is 7.21. The van der Waals surface area contributed by atoms with Crippen molar-refractivity contribution < 1.29 is 4.79 Å². The van der Waals surface area contributed by atoms with Crippen LogP contribution in [0.15, 0.2) is 61.1 Å². The molecule has 152 valence electrons. The van der Waals surface area contributed by atoms with Gasteiger partial charge in [-0.25, -0.2) is 9.97 Å². The van der Waals surface area contributed by atoms with Crippen LogP contribution in [0.2, 0.25) is 0 Å².